The normalized spacial score (nSPS) is 10.2. The molecule has 0 saturated carbocycles. The van der Waals surface area contributed by atoms with Crippen LogP contribution >= 0.6 is 0 Å². The minimum absolute atomic E-state index is 0.511. The minimum atomic E-state index is 0.511. The maximum Gasteiger partial charge on any atom is 0.143 e. The van der Waals surface area contributed by atoms with E-state index in [1.807, 2.05) is 29.9 Å². The lowest BCUT2D eigenvalue weighted by atomic mass is 10.2. The Labute approximate surface area is 76.1 Å². The van der Waals surface area contributed by atoms with Gasteiger partial charge >= 0.3 is 0 Å². The molecule has 2 rings (SSSR count). The summed E-state index contributed by atoms with van der Waals surface area (Å²) in [5, 5.41) is 0. The highest BCUT2D eigenvalue weighted by Crippen LogP contribution is 2.20. The number of pyridine rings is 1. The van der Waals surface area contributed by atoms with E-state index in [1.165, 1.54) is 0 Å². The number of nitrogens with zero attached hydrogens (tertiary/aromatic N) is 3. The van der Waals surface area contributed by atoms with Crippen molar-refractivity contribution in [1.29, 1.82) is 0 Å². The van der Waals surface area contributed by atoms with Gasteiger partial charge in [0.25, 0.3) is 0 Å². The van der Waals surface area contributed by atoms with Gasteiger partial charge in [0.2, 0.25) is 0 Å². The number of hydrogen-bond acceptors (Lipinski definition) is 3. The van der Waals surface area contributed by atoms with Crippen molar-refractivity contribution >= 4 is 5.82 Å². The Morgan fingerprint density at radius 1 is 1.31 bits per heavy atom. The molecule has 0 aliphatic rings. The van der Waals surface area contributed by atoms with Gasteiger partial charge in [-0.05, 0) is 12.1 Å². The van der Waals surface area contributed by atoms with Crippen LogP contribution in [-0.4, -0.2) is 14.5 Å². The smallest absolute Gasteiger partial charge is 0.143 e. The molecular formula is C9H10N4. The maximum absolute atomic E-state index is 5.72. The van der Waals surface area contributed by atoms with Crippen LogP contribution in [0.3, 0.4) is 0 Å². The molecule has 0 atom stereocenters. The largest absolute Gasteiger partial charge is 0.383 e. The molecule has 0 unspecified atom stereocenters. The summed E-state index contributed by atoms with van der Waals surface area (Å²) in [6.07, 6.45) is 5.28. The van der Waals surface area contributed by atoms with Crippen molar-refractivity contribution in [3.05, 3.63) is 30.7 Å². The van der Waals surface area contributed by atoms with Crippen LogP contribution in [0.5, 0.6) is 0 Å². The van der Waals surface area contributed by atoms with Crippen LogP contribution in [0, 0.1) is 0 Å². The van der Waals surface area contributed by atoms with Crippen molar-refractivity contribution in [2.45, 2.75) is 0 Å². The molecule has 0 aromatic carbocycles. The van der Waals surface area contributed by atoms with E-state index < -0.39 is 0 Å². The molecule has 13 heavy (non-hydrogen) atoms. The average molecular weight is 174 g/mol. The summed E-state index contributed by atoms with van der Waals surface area (Å²) < 4.78 is 1.91. The first-order chi connectivity index (χ1) is 6.29. The summed E-state index contributed by atoms with van der Waals surface area (Å²) in [4.78, 5) is 8.19. The molecule has 0 aliphatic carbocycles. The Bertz CT molecular complexity index is 419. The van der Waals surface area contributed by atoms with Gasteiger partial charge in [0.15, 0.2) is 0 Å². The van der Waals surface area contributed by atoms with Gasteiger partial charge in [0, 0.05) is 25.6 Å². The first kappa shape index (κ1) is 7.79. The van der Waals surface area contributed by atoms with Gasteiger partial charge in [-0.1, -0.05) is 0 Å². The Kier molecular flexibility index (Phi) is 1.73. The topological polar surface area (TPSA) is 56.7 Å². The van der Waals surface area contributed by atoms with E-state index >= 15 is 0 Å². The molecule has 2 aromatic heterocycles. The molecule has 2 N–H and O–H groups in total. The van der Waals surface area contributed by atoms with E-state index in [0.29, 0.717) is 5.82 Å². The standard InChI is InChI=1S/C9H10N4/c1-13-6-5-12-9(13)7-3-2-4-11-8(7)10/h2-6H,1H3,(H2,10,11). The second-order valence-corrected chi connectivity index (χ2v) is 2.80. The van der Waals surface area contributed by atoms with E-state index in [2.05, 4.69) is 9.97 Å². The maximum atomic E-state index is 5.72. The zero-order chi connectivity index (χ0) is 9.26. The SMILES string of the molecule is Cn1ccnc1-c1cccnc1N. The number of aromatic nitrogens is 3. The molecule has 0 amide bonds. The molecule has 2 heterocycles. The molecule has 0 spiro atoms. The zero-order valence-corrected chi connectivity index (χ0v) is 7.31. The van der Waals surface area contributed by atoms with Gasteiger partial charge in [0.1, 0.15) is 11.6 Å². The van der Waals surface area contributed by atoms with Crippen molar-refractivity contribution in [1.82, 2.24) is 14.5 Å². The lowest BCUT2D eigenvalue weighted by molar-refractivity contribution is 0.924. The van der Waals surface area contributed by atoms with Gasteiger partial charge in [-0.3, -0.25) is 0 Å². The lowest BCUT2D eigenvalue weighted by Gasteiger charge is -2.03. The number of rotatable bonds is 1. The van der Waals surface area contributed by atoms with Crippen LogP contribution in [-0.2, 0) is 7.05 Å². The fourth-order valence-corrected chi connectivity index (χ4v) is 1.23. The van der Waals surface area contributed by atoms with Gasteiger partial charge in [-0.25, -0.2) is 9.97 Å². The first-order valence-electron chi connectivity index (χ1n) is 3.97. The highest BCUT2D eigenvalue weighted by Gasteiger charge is 2.06. The van der Waals surface area contributed by atoms with Crippen LogP contribution in [0.1, 0.15) is 0 Å². The van der Waals surface area contributed by atoms with Gasteiger partial charge in [0.05, 0.1) is 5.56 Å². The van der Waals surface area contributed by atoms with E-state index in [9.17, 15) is 0 Å². The molecule has 66 valence electrons. The third-order valence-corrected chi connectivity index (χ3v) is 1.90. The Hall–Kier alpha value is -1.84. The summed E-state index contributed by atoms with van der Waals surface area (Å²) in [6, 6.07) is 3.76. The average Bonchev–Trinajstić information content (AvgIpc) is 2.52. The quantitative estimate of drug-likeness (QED) is 0.703. The number of nitrogens with two attached hydrogens (primary N) is 1. The number of anilines is 1. The highest BCUT2D eigenvalue weighted by atomic mass is 15.0. The van der Waals surface area contributed by atoms with Crippen LogP contribution in [0.4, 0.5) is 5.82 Å². The predicted octanol–water partition coefficient (Wildman–Crippen LogP) is 1.06. The van der Waals surface area contributed by atoms with Crippen molar-refractivity contribution in [3.8, 4) is 11.4 Å². The zero-order valence-electron chi connectivity index (χ0n) is 7.31. The third-order valence-electron chi connectivity index (χ3n) is 1.90. The van der Waals surface area contributed by atoms with Gasteiger partial charge < -0.3 is 10.3 Å². The summed E-state index contributed by atoms with van der Waals surface area (Å²) >= 11 is 0. The van der Waals surface area contributed by atoms with Crippen LogP contribution in [0.25, 0.3) is 11.4 Å². The van der Waals surface area contributed by atoms with Crippen LogP contribution < -0.4 is 5.73 Å². The first-order valence-corrected chi connectivity index (χ1v) is 3.97. The van der Waals surface area contributed by atoms with Crippen molar-refractivity contribution < 1.29 is 0 Å². The number of hydrogen-bond donors (Lipinski definition) is 1. The van der Waals surface area contributed by atoms with Gasteiger partial charge in [-0.15, -0.1) is 0 Å². The van der Waals surface area contributed by atoms with E-state index in [0.717, 1.165) is 11.4 Å². The highest BCUT2D eigenvalue weighted by molar-refractivity contribution is 5.67. The fourth-order valence-electron chi connectivity index (χ4n) is 1.23. The Morgan fingerprint density at radius 2 is 2.15 bits per heavy atom. The second-order valence-electron chi connectivity index (χ2n) is 2.80. The molecule has 0 radical (unpaired) electrons. The third kappa shape index (κ3) is 1.26. The molecule has 0 saturated heterocycles. The van der Waals surface area contributed by atoms with Crippen molar-refractivity contribution in [3.63, 3.8) is 0 Å². The molecule has 0 fully saturated rings. The molecular weight excluding hydrogens is 164 g/mol. The van der Waals surface area contributed by atoms with Crippen LogP contribution in [0.15, 0.2) is 30.7 Å². The molecule has 4 heteroatoms. The summed E-state index contributed by atoms with van der Waals surface area (Å²) in [5.41, 5.74) is 6.59. The van der Waals surface area contributed by atoms with Crippen molar-refractivity contribution in [2.75, 3.05) is 5.73 Å². The van der Waals surface area contributed by atoms with Crippen LogP contribution in [0.2, 0.25) is 0 Å². The van der Waals surface area contributed by atoms with Crippen molar-refractivity contribution in [2.24, 2.45) is 7.05 Å². The summed E-state index contributed by atoms with van der Waals surface area (Å²) in [6.45, 7) is 0. The molecule has 0 bridgehead atoms. The van der Waals surface area contributed by atoms with Gasteiger partial charge in [-0.2, -0.15) is 0 Å². The van der Waals surface area contributed by atoms with E-state index in [1.54, 1.807) is 12.4 Å². The second kappa shape index (κ2) is 2.90. The minimum Gasteiger partial charge on any atom is -0.383 e. The molecule has 2 aromatic rings. The van der Waals surface area contributed by atoms with E-state index in [-0.39, 0.29) is 0 Å². The van der Waals surface area contributed by atoms with E-state index in [4.69, 9.17) is 5.73 Å². The lowest BCUT2D eigenvalue weighted by Crippen LogP contribution is -1.97. The summed E-state index contributed by atoms with van der Waals surface area (Å²) in [7, 11) is 1.93. The number of imidazole rings is 1. The Morgan fingerprint density at radius 3 is 2.77 bits per heavy atom. The fraction of sp³-hybridized carbons (Fsp3) is 0.111. The number of aryl methyl sites for hydroxylation is 1. The molecule has 0 aliphatic heterocycles. The Balaban J connectivity index is 2.59. The monoisotopic (exact) mass is 174 g/mol. The summed E-state index contributed by atoms with van der Waals surface area (Å²) in [5.74, 6) is 1.35. The number of nitrogen functional groups attached to an aromatic ring is 1. The molecule has 4 nitrogen and oxygen atoms in total. The predicted molar refractivity (Wildman–Crippen MR) is 50.9 cm³/mol.